The molecule has 0 unspecified atom stereocenters. The molecule has 0 spiro atoms. The Morgan fingerprint density at radius 3 is 2.94 bits per heavy atom. The Bertz CT molecular complexity index is 568. The molecule has 6 heteroatoms. The molecule has 0 fully saturated rings. The van der Waals surface area contributed by atoms with Crippen molar-refractivity contribution in [2.24, 2.45) is 0 Å². The standard InChI is InChI=1S/C11H9BrFN3O/c1-2-16-10(8(12)5-15-16)11(17)7-3-4-14-6-9(7)13/h3-6H,2H2,1H3. The van der Waals surface area contributed by atoms with Crippen LogP contribution in [0, 0.1) is 5.82 Å². The molecule has 0 atom stereocenters. The van der Waals surface area contributed by atoms with Crippen molar-refractivity contribution in [2.45, 2.75) is 13.5 Å². The van der Waals surface area contributed by atoms with Gasteiger partial charge in [0, 0.05) is 12.7 Å². The molecular weight excluding hydrogens is 289 g/mol. The van der Waals surface area contributed by atoms with Crippen molar-refractivity contribution in [3.05, 3.63) is 46.2 Å². The first-order valence-corrected chi connectivity index (χ1v) is 5.80. The van der Waals surface area contributed by atoms with Gasteiger partial charge in [-0.1, -0.05) is 0 Å². The zero-order valence-electron chi connectivity index (χ0n) is 9.02. The summed E-state index contributed by atoms with van der Waals surface area (Å²) in [6, 6.07) is 1.36. The van der Waals surface area contributed by atoms with Gasteiger partial charge in [0.15, 0.2) is 5.82 Å². The van der Waals surface area contributed by atoms with Gasteiger partial charge in [-0.15, -0.1) is 0 Å². The predicted molar refractivity (Wildman–Crippen MR) is 63.2 cm³/mol. The number of nitrogens with zero attached hydrogens (tertiary/aromatic N) is 3. The van der Waals surface area contributed by atoms with Crippen molar-refractivity contribution >= 4 is 21.7 Å². The summed E-state index contributed by atoms with van der Waals surface area (Å²) in [7, 11) is 0. The van der Waals surface area contributed by atoms with E-state index >= 15 is 0 Å². The number of pyridine rings is 1. The summed E-state index contributed by atoms with van der Waals surface area (Å²) in [6.07, 6.45) is 3.93. The van der Waals surface area contributed by atoms with Crippen molar-refractivity contribution in [2.75, 3.05) is 0 Å². The van der Waals surface area contributed by atoms with Gasteiger partial charge in [0.05, 0.1) is 22.4 Å². The molecule has 2 aromatic heterocycles. The molecule has 0 N–H and O–H groups in total. The first-order chi connectivity index (χ1) is 8.15. The fourth-order valence-electron chi connectivity index (χ4n) is 1.51. The van der Waals surface area contributed by atoms with Crippen molar-refractivity contribution in [3.63, 3.8) is 0 Å². The van der Waals surface area contributed by atoms with E-state index in [1.807, 2.05) is 6.92 Å². The fourth-order valence-corrected chi connectivity index (χ4v) is 1.99. The third-order valence-electron chi connectivity index (χ3n) is 2.33. The van der Waals surface area contributed by atoms with Crippen molar-refractivity contribution in [1.82, 2.24) is 14.8 Å². The van der Waals surface area contributed by atoms with Crippen LogP contribution in [0.25, 0.3) is 0 Å². The summed E-state index contributed by atoms with van der Waals surface area (Å²) < 4.78 is 15.5. The first-order valence-electron chi connectivity index (χ1n) is 5.00. The van der Waals surface area contributed by atoms with E-state index in [4.69, 9.17) is 0 Å². The van der Waals surface area contributed by atoms with Crippen LogP contribution in [-0.4, -0.2) is 20.5 Å². The Kier molecular flexibility index (Phi) is 3.33. The van der Waals surface area contributed by atoms with Crippen LogP contribution < -0.4 is 0 Å². The van der Waals surface area contributed by atoms with Crippen LogP contribution in [0.4, 0.5) is 4.39 Å². The number of carbonyl (C=O) groups excluding carboxylic acids is 1. The van der Waals surface area contributed by atoms with Crippen LogP contribution in [0.5, 0.6) is 0 Å². The number of aromatic nitrogens is 3. The third-order valence-corrected chi connectivity index (χ3v) is 2.91. The minimum absolute atomic E-state index is 0.00380. The van der Waals surface area contributed by atoms with Gasteiger partial charge in [-0.25, -0.2) is 4.39 Å². The maximum atomic E-state index is 13.5. The van der Waals surface area contributed by atoms with Gasteiger partial charge in [-0.05, 0) is 28.9 Å². The zero-order chi connectivity index (χ0) is 12.4. The topological polar surface area (TPSA) is 47.8 Å². The van der Waals surface area contributed by atoms with Crippen molar-refractivity contribution in [3.8, 4) is 0 Å². The minimum Gasteiger partial charge on any atom is -0.287 e. The highest BCUT2D eigenvalue weighted by molar-refractivity contribution is 9.10. The second-order valence-corrected chi connectivity index (χ2v) is 4.20. The lowest BCUT2D eigenvalue weighted by Gasteiger charge is -2.05. The van der Waals surface area contributed by atoms with Crippen LogP contribution in [0.3, 0.4) is 0 Å². The molecule has 88 valence electrons. The third kappa shape index (κ3) is 2.12. The molecule has 2 aromatic rings. The van der Waals surface area contributed by atoms with Crippen LogP contribution in [0.15, 0.2) is 29.1 Å². The van der Waals surface area contributed by atoms with Gasteiger partial charge < -0.3 is 0 Å². The number of ketones is 1. The molecule has 0 saturated heterocycles. The molecule has 17 heavy (non-hydrogen) atoms. The SMILES string of the molecule is CCn1ncc(Br)c1C(=O)c1ccncc1F. The molecule has 0 aromatic carbocycles. The molecule has 2 rings (SSSR count). The Balaban J connectivity index is 2.51. The van der Waals surface area contributed by atoms with Gasteiger partial charge in [-0.2, -0.15) is 5.10 Å². The molecular formula is C11H9BrFN3O. The lowest BCUT2D eigenvalue weighted by atomic mass is 10.1. The summed E-state index contributed by atoms with van der Waals surface area (Å²) >= 11 is 3.24. The summed E-state index contributed by atoms with van der Waals surface area (Å²) in [5, 5.41) is 4.02. The van der Waals surface area contributed by atoms with Gasteiger partial charge in [0.25, 0.3) is 0 Å². The Morgan fingerprint density at radius 1 is 1.53 bits per heavy atom. The summed E-state index contributed by atoms with van der Waals surface area (Å²) in [4.78, 5) is 15.8. The van der Waals surface area contributed by atoms with E-state index in [9.17, 15) is 9.18 Å². The van der Waals surface area contributed by atoms with Gasteiger partial charge in [0.2, 0.25) is 5.78 Å². The minimum atomic E-state index is -0.631. The summed E-state index contributed by atoms with van der Waals surface area (Å²) in [5.41, 5.74) is 0.341. The lowest BCUT2D eigenvalue weighted by molar-refractivity contribution is 0.102. The lowest BCUT2D eigenvalue weighted by Crippen LogP contribution is -2.12. The summed E-state index contributed by atoms with van der Waals surface area (Å²) in [6.45, 7) is 2.40. The number of halogens is 2. The zero-order valence-corrected chi connectivity index (χ0v) is 10.6. The van der Waals surface area contributed by atoms with E-state index in [1.165, 1.54) is 23.1 Å². The molecule has 0 saturated carbocycles. The van der Waals surface area contributed by atoms with E-state index in [0.717, 1.165) is 6.20 Å². The quantitative estimate of drug-likeness (QED) is 0.818. The molecule has 4 nitrogen and oxygen atoms in total. The van der Waals surface area contributed by atoms with Gasteiger partial charge >= 0.3 is 0 Å². The Morgan fingerprint density at radius 2 is 2.29 bits per heavy atom. The fraction of sp³-hybridized carbons (Fsp3) is 0.182. The van der Waals surface area contributed by atoms with E-state index in [0.29, 0.717) is 16.7 Å². The highest BCUT2D eigenvalue weighted by atomic mass is 79.9. The average molecular weight is 298 g/mol. The number of aryl methyl sites for hydroxylation is 1. The van der Waals surface area contributed by atoms with Crippen LogP contribution in [-0.2, 0) is 6.54 Å². The van der Waals surface area contributed by atoms with E-state index in [2.05, 4.69) is 26.0 Å². The molecule has 2 heterocycles. The Labute approximate surface area is 106 Å². The smallest absolute Gasteiger partial charge is 0.215 e. The maximum absolute atomic E-state index is 13.5. The van der Waals surface area contributed by atoms with Crippen LogP contribution in [0.2, 0.25) is 0 Å². The van der Waals surface area contributed by atoms with Crippen molar-refractivity contribution in [1.29, 1.82) is 0 Å². The number of rotatable bonds is 3. The van der Waals surface area contributed by atoms with Crippen molar-refractivity contribution < 1.29 is 9.18 Å². The monoisotopic (exact) mass is 297 g/mol. The number of hydrogen-bond acceptors (Lipinski definition) is 3. The van der Waals surface area contributed by atoms with Crippen LogP contribution >= 0.6 is 15.9 Å². The van der Waals surface area contributed by atoms with Gasteiger partial charge in [0.1, 0.15) is 5.69 Å². The van der Waals surface area contributed by atoms with E-state index in [-0.39, 0.29) is 5.56 Å². The van der Waals surface area contributed by atoms with E-state index < -0.39 is 11.6 Å². The van der Waals surface area contributed by atoms with Crippen LogP contribution in [0.1, 0.15) is 23.0 Å². The highest BCUT2D eigenvalue weighted by Gasteiger charge is 2.20. The molecule has 0 aliphatic carbocycles. The molecule has 0 bridgehead atoms. The molecule has 0 radical (unpaired) electrons. The summed E-state index contributed by atoms with van der Waals surface area (Å²) in [5.74, 6) is -1.04. The Hall–Kier alpha value is -1.56. The molecule has 0 aliphatic heterocycles. The first kappa shape index (κ1) is 11.9. The second kappa shape index (κ2) is 4.75. The number of carbonyl (C=O) groups is 1. The predicted octanol–water partition coefficient (Wildman–Crippen LogP) is 2.43. The van der Waals surface area contributed by atoms with Gasteiger partial charge in [-0.3, -0.25) is 14.5 Å². The molecule has 0 aliphatic rings. The maximum Gasteiger partial charge on any atom is 0.215 e. The number of hydrogen-bond donors (Lipinski definition) is 0. The van der Waals surface area contributed by atoms with E-state index in [1.54, 1.807) is 0 Å². The second-order valence-electron chi connectivity index (χ2n) is 3.34. The highest BCUT2D eigenvalue weighted by Crippen LogP contribution is 2.20. The molecule has 0 amide bonds. The largest absolute Gasteiger partial charge is 0.287 e. The average Bonchev–Trinajstić information content (AvgIpc) is 2.70. The normalized spacial score (nSPS) is 10.5.